The van der Waals surface area contributed by atoms with Crippen molar-refractivity contribution in [2.75, 3.05) is 0 Å². The van der Waals surface area contributed by atoms with Crippen LogP contribution in [0.2, 0.25) is 0 Å². The second-order valence-corrected chi connectivity index (χ2v) is 1.36. The highest BCUT2D eigenvalue weighted by molar-refractivity contribution is 6.28. The Morgan fingerprint density at radius 2 is 2.00 bits per heavy atom. The molecule has 0 fully saturated rings. The summed E-state index contributed by atoms with van der Waals surface area (Å²) in [6.07, 6.45) is -3.36. The summed E-state index contributed by atoms with van der Waals surface area (Å²) in [4.78, 5) is 2.96. The third-order valence-corrected chi connectivity index (χ3v) is 0.709. The second kappa shape index (κ2) is 3.58. The number of alkyl halides is 2. The monoisotopic (exact) mass is 162 g/mol. The molecule has 0 radical (unpaired) electrons. The molecule has 0 aliphatic carbocycles. The first kappa shape index (κ1) is 8.58. The van der Waals surface area contributed by atoms with Crippen LogP contribution in [0, 0.1) is 0 Å². The van der Waals surface area contributed by atoms with Gasteiger partial charge < -0.3 is 4.89 Å². The van der Waals surface area contributed by atoms with Crippen LogP contribution in [0.4, 0.5) is 13.2 Å². The molecule has 1 N–H and O–H groups in total. The normalized spacial score (nSPS) is 13.6. The van der Waals surface area contributed by atoms with E-state index in [0.29, 0.717) is 0 Å². The molecule has 0 spiro atoms. The molecule has 0 amide bonds. The summed E-state index contributed by atoms with van der Waals surface area (Å²) < 4.78 is 33.9. The van der Waals surface area contributed by atoms with Crippen LogP contribution in [0.3, 0.4) is 0 Å². The molecular formula is C3H2ClF3O2. The van der Waals surface area contributed by atoms with Gasteiger partial charge in [0, 0.05) is 0 Å². The van der Waals surface area contributed by atoms with E-state index in [1.165, 1.54) is 0 Å². The van der Waals surface area contributed by atoms with E-state index in [0.717, 1.165) is 0 Å². The van der Waals surface area contributed by atoms with Gasteiger partial charge in [-0.3, -0.25) is 0 Å². The molecule has 0 saturated heterocycles. The molecule has 0 aliphatic rings. The van der Waals surface area contributed by atoms with E-state index in [2.05, 4.69) is 16.5 Å². The Bertz CT molecular complexity index is 124. The van der Waals surface area contributed by atoms with Crippen molar-refractivity contribution in [1.82, 2.24) is 0 Å². The molecule has 0 rings (SSSR count). The molecule has 0 aromatic heterocycles. The van der Waals surface area contributed by atoms with E-state index < -0.39 is 17.5 Å². The maximum Gasteiger partial charge on any atom is 0.294 e. The van der Waals surface area contributed by atoms with Crippen LogP contribution in [0.5, 0.6) is 0 Å². The highest BCUT2D eigenvalue weighted by atomic mass is 35.5. The lowest BCUT2D eigenvalue weighted by molar-refractivity contribution is -0.196. The maximum absolute atomic E-state index is 11.6. The van der Waals surface area contributed by atoms with Crippen molar-refractivity contribution in [2.24, 2.45) is 0 Å². The summed E-state index contributed by atoms with van der Waals surface area (Å²) in [5.41, 5.74) is 0. The number of allylic oxidation sites excluding steroid dienone is 1. The topological polar surface area (TPSA) is 29.5 Å². The van der Waals surface area contributed by atoms with E-state index in [9.17, 15) is 13.2 Å². The third kappa shape index (κ3) is 2.57. The van der Waals surface area contributed by atoms with Gasteiger partial charge in [-0.05, 0) is 11.6 Å². The predicted octanol–water partition coefficient (Wildman–Crippen LogP) is 2.12. The molecule has 6 heteroatoms. The largest absolute Gasteiger partial charge is 0.325 e. The molecule has 0 saturated carbocycles. The Balaban J connectivity index is 4.10. The summed E-state index contributed by atoms with van der Waals surface area (Å²) in [6, 6.07) is 0. The van der Waals surface area contributed by atoms with Gasteiger partial charge in [0.25, 0.3) is 11.6 Å². The summed E-state index contributed by atoms with van der Waals surface area (Å²) in [7, 11) is 0. The summed E-state index contributed by atoms with van der Waals surface area (Å²) in [5, 5.41) is 6.15. The van der Waals surface area contributed by atoms with Gasteiger partial charge in [0.05, 0.1) is 0 Å². The summed E-state index contributed by atoms with van der Waals surface area (Å²) >= 11 is 4.56. The molecule has 0 aliphatic heterocycles. The van der Waals surface area contributed by atoms with Crippen molar-refractivity contribution >= 4 is 11.6 Å². The Hall–Kier alpha value is -0.420. The van der Waals surface area contributed by atoms with Crippen LogP contribution in [0.25, 0.3) is 0 Å². The molecular weight excluding hydrogens is 160 g/mol. The van der Waals surface area contributed by atoms with Gasteiger partial charge in [-0.2, -0.15) is 0 Å². The number of hydrogen-bond donors (Lipinski definition) is 1. The molecule has 9 heavy (non-hydrogen) atoms. The van der Waals surface area contributed by atoms with Crippen molar-refractivity contribution in [3.63, 3.8) is 0 Å². The van der Waals surface area contributed by atoms with Crippen LogP contribution in [0.1, 0.15) is 0 Å². The SMILES string of the molecule is OO/C(Cl)=C(\F)C(F)F. The van der Waals surface area contributed by atoms with E-state index in [1.54, 1.807) is 0 Å². The quantitative estimate of drug-likeness (QED) is 0.383. The first-order valence-electron chi connectivity index (χ1n) is 1.74. The zero-order chi connectivity index (χ0) is 7.44. The molecule has 0 heterocycles. The summed E-state index contributed by atoms with van der Waals surface area (Å²) in [6.45, 7) is 0. The third-order valence-electron chi connectivity index (χ3n) is 0.460. The van der Waals surface area contributed by atoms with Gasteiger partial charge in [-0.15, -0.1) is 0 Å². The van der Waals surface area contributed by atoms with E-state index in [-0.39, 0.29) is 0 Å². The van der Waals surface area contributed by atoms with E-state index in [1.807, 2.05) is 0 Å². The average molecular weight is 162 g/mol. The van der Waals surface area contributed by atoms with Gasteiger partial charge in [0.15, 0.2) is 0 Å². The summed E-state index contributed by atoms with van der Waals surface area (Å²) in [5.74, 6) is -1.99. The Kier molecular flexibility index (Phi) is 3.41. The zero-order valence-corrected chi connectivity index (χ0v) is 4.70. The smallest absolute Gasteiger partial charge is 0.294 e. The first-order valence-corrected chi connectivity index (χ1v) is 2.12. The lowest BCUT2D eigenvalue weighted by Gasteiger charge is -1.94. The molecule has 0 aromatic carbocycles. The van der Waals surface area contributed by atoms with Crippen molar-refractivity contribution in [2.45, 2.75) is 6.43 Å². The second-order valence-electron chi connectivity index (χ2n) is 1.01. The molecule has 54 valence electrons. The number of rotatable bonds is 2. The Morgan fingerprint density at radius 3 is 2.11 bits per heavy atom. The fourth-order valence-corrected chi connectivity index (χ4v) is 0.212. The minimum atomic E-state index is -3.36. The molecule has 0 bridgehead atoms. The van der Waals surface area contributed by atoms with E-state index in [4.69, 9.17) is 5.26 Å². The highest BCUT2D eigenvalue weighted by Gasteiger charge is 2.16. The van der Waals surface area contributed by atoms with Gasteiger partial charge in [0.1, 0.15) is 0 Å². The molecule has 0 atom stereocenters. The lowest BCUT2D eigenvalue weighted by atomic mass is 10.6. The van der Waals surface area contributed by atoms with Crippen molar-refractivity contribution in [3.8, 4) is 0 Å². The maximum atomic E-state index is 11.6. The van der Waals surface area contributed by atoms with Crippen molar-refractivity contribution < 1.29 is 23.3 Å². The lowest BCUT2D eigenvalue weighted by Crippen LogP contribution is -1.94. The van der Waals surface area contributed by atoms with Crippen LogP contribution in [0.15, 0.2) is 11.0 Å². The molecule has 0 aromatic rings. The van der Waals surface area contributed by atoms with Crippen molar-refractivity contribution in [3.05, 3.63) is 11.0 Å². The van der Waals surface area contributed by atoms with Crippen LogP contribution < -0.4 is 0 Å². The van der Waals surface area contributed by atoms with Crippen LogP contribution in [-0.4, -0.2) is 11.7 Å². The Morgan fingerprint density at radius 1 is 1.56 bits per heavy atom. The van der Waals surface area contributed by atoms with Gasteiger partial charge in [-0.1, -0.05) is 0 Å². The fourth-order valence-electron chi connectivity index (χ4n) is 0.129. The molecule has 0 unspecified atom stereocenters. The minimum absolute atomic E-state index is 1.34. The predicted molar refractivity (Wildman–Crippen MR) is 23.7 cm³/mol. The van der Waals surface area contributed by atoms with Gasteiger partial charge in [-0.25, -0.2) is 18.4 Å². The first-order chi connectivity index (χ1) is 4.09. The average Bonchev–Trinajstić information content (AvgIpc) is 1.84. The zero-order valence-electron chi connectivity index (χ0n) is 3.94. The van der Waals surface area contributed by atoms with Crippen LogP contribution in [-0.2, 0) is 4.89 Å². The number of halogens is 4. The number of hydrogen-bond acceptors (Lipinski definition) is 2. The van der Waals surface area contributed by atoms with Gasteiger partial charge >= 0.3 is 0 Å². The van der Waals surface area contributed by atoms with Gasteiger partial charge in [0.2, 0.25) is 5.83 Å². The van der Waals surface area contributed by atoms with Crippen LogP contribution >= 0.6 is 11.6 Å². The highest BCUT2D eigenvalue weighted by Crippen LogP contribution is 2.17. The Labute approximate surface area is 53.4 Å². The molecule has 2 nitrogen and oxygen atoms in total. The standard InChI is InChI=1S/C3H2ClF3O2/c4-2(9-8)1(5)3(6)7/h3,8H/b2-1-. The fraction of sp³-hybridized carbons (Fsp3) is 0.333. The minimum Gasteiger partial charge on any atom is -0.325 e. The van der Waals surface area contributed by atoms with E-state index >= 15 is 0 Å². The van der Waals surface area contributed by atoms with Crippen molar-refractivity contribution in [1.29, 1.82) is 0 Å².